The van der Waals surface area contributed by atoms with Crippen LogP contribution in [0.3, 0.4) is 0 Å². The Morgan fingerprint density at radius 3 is 2.94 bits per heavy atom. The third kappa shape index (κ3) is 2.50. The molecule has 1 N–H and O–H groups in total. The maximum absolute atomic E-state index is 13.2. The lowest BCUT2D eigenvalue weighted by Crippen LogP contribution is -2.23. The van der Waals surface area contributed by atoms with Crippen molar-refractivity contribution in [2.45, 2.75) is 5.92 Å². The zero-order valence-electron chi connectivity index (χ0n) is 9.37. The molecule has 0 bridgehead atoms. The van der Waals surface area contributed by atoms with Gasteiger partial charge < -0.3 is 10.1 Å². The summed E-state index contributed by atoms with van der Waals surface area (Å²) in [6.45, 7) is 1.31. The largest absolute Gasteiger partial charge is 0.469 e. The van der Waals surface area contributed by atoms with E-state index in [-0.39, 0.29) is 23.6 Å². The Morgan fingerprint density at radius 1 is 1.53 bits per heavy atom. The first-order valence-corrected chi connectivity index (χ1v) is 6.16. The van der Waals surface area contributed by atoms with Crippen LogP contribution in [0, 0.1) is 11.7 Å². The zero-order valence-corrected chi connectivity index (χ0v) is 11.0. The van der Waals surface area contributed by atoms with Crippen molar-refractivity contribution in [2.24, 2.45) is 5.92 Å². The first-order valence-electron chi connectivity index (χ1n) is 5.37. The Balaban J connectivity index is 2.26. The Morgan fingerprint density at radius 2 is 2.29 bits per heavy atom. The Hall–Kier alpha value is -0.940. The van der Waals surface area contributed by atoms with Crippen LogP contribution in [0.5, 0.6) is 0 Å². The topological polar surface area (TPSA) is 38.3 Å². The minimum absolute atomic E-state index is 0.0411. The second-order valence-corrected chi connectivity index (χ2v) is 4.92. The summed E-state index contributed by atoms with van der Waals surface area (Å²) in [5.74, 6) is -0.675. The molecule has 0 unspecified atom stereocenters. The number of ether oxygens (including phenoxy) is 1. The van der Waals surface area contributed by atoms with Gasteiger partial charge in [-0.3, -0.25) is 4.79 Å². The van der Waals surface area contributed by atoms with Gasteiger partial charge in [0.1, 0.15) is 5.82 Å². The molecule has 92 valence electrons. The third-order valence-corrected chi connectivity index (χ3v) is 3.70. The van der Waals surface area contributed by atoms with Gasteiger partial charge in [0.25, 0.3) is 0 Å². The molecule has 5 heteroatoms. The molecule has 17 heavy (non-hydrogen) atoms. The van der Waals surface area contributed by atoms with Crippen LogP contribution in [-0.4, -0.2) is 26.2 Å². The van der Waals surface area contributed by atoms with E-state index in [1.165, 1.54) is 13.2 Å². The van der Waals surface area contributed by atoms with Crippen molar-refractivity contribution in [3.05, 3.63) is 34.1 Å². The highest BCUT2D eigenvalue weighted by atomic mass is 79.9. The molecule has 1 aliphatic heterocycles. The van der Waals surface area contributed by atoms with Gasteiger partial charge in [-0.2, -0.15) is 0 Å². The molecule has 1 fully saturated rings. The number of carbonyl (C=O) groups excluding carboxylic acids is 1. The van der Waals surface area contributed by atoms with Gasteiger partial charge in [0.2, 0.25) is 0 Å². The molecule has 1 saturated heterocycles. The number of hydrogen-bond acceptors (Lipinski definition) is 3. The van der Waals surface area contributed by atoms with E-state index in [9.17, 15) is 9.18 Å². The molecular formula is C12H13BrFNO2. The molecule has 1 aromatic rings. The predicted molar refractivity (Wildman–Crippen MR) is 65.2 cm³/mol. The first-order chi connectivity index (χ1) is 8.13. The van der Waals surface area contributed by atoms with Crippen LogP contribution >= 0.6 is 15.9 Å². The van der Waals surface area contributed by atoms with E-state index in [2.05, 4.69) is 21.2 Å². The number of halogens is 2. The van der Waals surface area contributed by atoms with Gasteiger partial charge >= 0.3 is 5.97 Å². The molecule has 0 saturated carbocycles. The second kappa shape index (κ2) is 5.14. The lowest BCUT2D eigenvalue weighted by Gasteiger charge is -2.17. The predicted octanol–water partition coefficient (Wildman–Crippen LogP) is 2.06. The van der Waals surface area contributed by atoms with Crippen LogP contribution < -0.4 is 5.32 Å². The van der Waals surface area contributed by atoms with E-state index in [0.717, 1.165) is 5.56 Å². The molecule has 2 rings (SSSR count). The van der Waals surface area contributed by atoms with Crippen LogP contribution in [0.4, 0.5) is 4.39 Å². The van der Waals surface area contributed by atoms with Crippen LogP contribution in [-0.2, 0) is 9.53 Å². The minimum Gasteiger partial charge on any atom is -0.469 e. The number of nitrogens with one attached hydrogen (secondary N) is 1. The van der Waals surface area contributed by atoms with Crippen molar-refractivity contribution < 1.29 is 13.9 Å². The summed E-state index contributed by atoms with van der Waals surface area (Å²) in [6, 6.07) is 4.85. The van der Waals surface area contributed by atoms with Gasteiger partial charge in [-0.15, -0.1) is 0 Å². The van der Waals surface area contributed by atoms with Gasteiger partial charge in [0, 0.05) is 19.0 Å². The maximum atomic E-state index is 13.2. The van der Waals surface area contributed by atoms with Gasteiger partial charge in [0.15, 0.2) is 0 Å². The zero-order chi connectivity index (χ0) is 12.4. The van der Waals surface area contributed by atoms with Crippen molar-refractivity contribution in [1.82, 2.24) is 5.32 Å². The standard InChI is InChI=1S/C12H13BrFNO2/c1-17-12(16)9-6-15-5-8(9)7-2-3-11(14)10(13)4-7/h2-4,8-9,15H,5-6H2,1H3/t8-,9+/m0/s1. The molecule has 2 atom stereocenters. The fourth-order valence-electron chi connectivity index (χ4n) is 2.17. The van der Waals surface area contributed by atoms with Crippen molar-refractivity contribution in [3.63, 3.8) is 0 Å². The van der Waals surface area contributed by atoms with Gasteiger partial charge in [-0.05, 0) is 33.6 Å². The number of esters is 1. The highest BCUT2D eigenvalue weighted by molar-refractivity contribution is 9.10. The van der Waals surface area contributed by atoms with E-state index in [1.54, 1.807) is 12.1 Å². The van der Waals surface area contributed by atoms with Crippen molar-refractivity contribution in [2.75, 3.05) is 20.2 Å². The quantitative estimate of drug-likeness (QED) is 0.850. The molecule has 0 aromatic heterocycles. The average Bonchev–Trinajstić information content (AvgIpc) is 2.80. The van der Waals surface area contributed by atoms with E-state index >= 15 is 0 Å². The maximum Gasteiger partial charge on any atom is 0.310 e. The van der Waals surface area contributed by atoms with E-state index in [4.69, 9.17) is 4.74 Å². The monoisotopic (exact) mass is 301 g/mol. The van der Waals surface area contributed by atoms with Gasteiger partial charge in [-0.1, -0.05) is 6.07 Å². The van der Waals surface area contributed by atoms with E-state index in [0.29, 0.717) is 17.6 Å². The summed E-state index contributed by atoms with van der Waals surface area (Å²) in [7, 11) is 1.39. The minimum atomic E-state index is -0.297. The molecule has 0 spiro atoms. The molecule has 3 nitrogen and oxygen atoms in total. The Labute approximate surface area is 107 Å². The van der Waals surface area contributed by atoms with Crippen LogP contribution in [0.2, 0.25) is 0 Å². The number of carbonyl (C=O) groups is 1. The number of methoxy groups -OCH3 is 1. The molecular weight excluding hydrogens is 289 g/mol. The third-order valence-electron chi connectivity index (χ3n) is 3.09. The summed E-state index contributed by atoms with van der Waals surface area (Å²) >= 11 is 3.16. The average molecular weight is 302 g/mol. The highest BCUT2D eigenvalue weighted by Gasteiger charge is 2.34. The number of hydrogen-bond donors (Lipinski definition) is 1. The lowest BCUT2D eigenvalue weighted by atomic mass is 9.89. The second-order valence-electron chi connectivity index (χ2n) is 4.07. The summed E-state index contributed by atoms with van der Waals surface area (Å²) in [5, 5.41) is 3.16. The van der Waals surface area contributed by atoms with Crippen LogP contribution in [0.1, 0.15) is 11.5 Å². The molecule has 1 aliphatic rings. The summed E-state index contributed by atoms with van der Waals surface area (Å²) in [6.07, 6.45) is 0. The van der Waals surface area contributed by atoms with Gasteiger partial charge in [0.05, 0.1) is 17.5 Å². The van der Waals surface area contributed by atoms with Crippen molar-refractivity contribution in [1.29, 1.82) is 0 Å². The molecule has 0 aliphatic carbocycles. The summed E-state index contributed by atoms with van der Waals surface area (Å²) in [5.41, 5.74) is 0.943. The van der Waals surface area contributed by atoms with E-state index in [1.807, 2.05) is 0 Å². The van der Waals surface area contributed by atoms with Crippen LogP contribution in [0.15, 0.2) is 22.7 Å². The summed E-state index contributed by atoms with van der Waals surface area (Å²) < 4.78 is 18.4. The van der Waals surface area contributed by atoms with Crippen molar-refractivity contribution in [3.8, 4) is 0 Å². The Kier molecular flexibility index (Phi) is 3.79. The number of rotatable bonds is 2. The fourth-order valence-corrected chi connectivity index (χ4v) is 2.57. The fraction of sp³-hybridized carbons (Fsp3) is 0.417. The lowest BCUT2D eigenvalue weighted by molar-refractivity contribution is -0.145. The SMILES string of the molecule is COC(=O)[C@@H]1CNC[C@H]1c1ccc(F)c(Br)c1. The molecule has 0 radical (unpaired) electrons. The normalized spacial score (nSPS) is 23.7. The first kappa shape index (κ1) is 12.5. The molecule has 1 heterocycles. The molecule has 1 aromatic carbocycles. The van der Waals surface area contributed by atoms with Gasteiger partial charge in [-0.25, -0.2) is 4.39 Å². The van der Waals surface area contributed by atoms with Crippen LogP contribution in [0.25, 0.3) is 0 Å². The number of benzene rings is 1. The molecule has 0 amide bonds. The Bertz CT molecular complexity index is 439. The highest BCUT2D eigenvalue weighted by Crippen LogP contribution is 2.31. The smallest absolute Gasteiger partial charge is 0.310 e. The van der Waals surface area contributed by atoms with Crippen molar-refractivity contribution >= 4 is 21.9 Å². The van der Waals surface area contributed by atoms with E-state index < -0.39 is 0 Å². The summed E-state index contributed by atoms with van der Waals surface area (Å²) in [4.78, 5) is 11.6.